The minimum Gasteiger partial charge on any atom is -0.389 e. The van der Waals surface area contributed by atoms with Crippen LogP contribution in [-0.2, 0) is 0 Å². The van der Waals surface area contributed by atoms with Crippen molar-refractivity contribution in [3.8, 4) is 10.4 Å². The number of rotatable bonds is 10. The first-order valence-corrected chi connectivity index (χ1v) is 13.7. The Morgan fingerprint density at radius 3 is 2.68 bits per heavy atom. The number of pyridine rings is 1. The van der Waals surface area contributed by atoms with Crippen LogP contribution in [0, 0.1) is 5.92 Å². The molecule has 2 fully saturated rings. The molecule has 3 N–H and O–H groups in total. The van der Waals surface area contributed by atoms with Gasteiger partial charge >= 0.3 is 0 Å². The smallest absolute Gasteiger partial charge is 0.280 e. The molecule has 2 aromatic rings. The first kappa shape index (κ1) is 27.4. The number of hydrogen-bond acceptors (Lipinski definition) is 7. The lowest BCUT2D eigenvalue weighted by molar-refractivity contribution is 0.0630. The van der Waals surface area contributed by atoms with Crippen LogP contribution >= 0.6 is 11.3 Å². The van der Waals surface area contributed by atoms with E-state index in [-0.39, 0.29) is 45.2 Å². The fourth-order valence-corrected chi connectivity index (χ4v) is 5.41. The van der Waals surface area contributed by atoms with E-state index in [1.165, 1.54) is 25.1 Å². The number of piperidine rings is 1. The fourth-order valence-electron chi connectivity index (χ4n) is 4.40. The largest absolute Gasteiger partial charge is 0.389 e. The van der Waals surface area contributed by atoms with E-state index in [1.54, 1.807) is 18.7 Å². The number of alkyl halides is 2. The Morgan fingerprint density at radius 2 is 2.03 bits per heavy atom. The number of nitrogens with one attached hydrogen (secondary N) is 2. The second-order valence-electron chi connectivity index (χ2n) is 10.7. The van der Waals surface area contributed by atoms with Crippen LogP contribution < -0.4 is 10.6 Å². The minimum absolute atomic E-state index is 0.0194. The quantitative estimate of drug-likeness (QED) is 0.401. The van der Waals surface area contributed by atoms with Crippen LogP contribution in [0.1, 0.15) is 91.6 Å². The van der Waals surface area contributed by atoms with Gasteiger partial charge in [-0.3, -0.25) is 9.59 Å². The van der Waals surface area contributed by atoms with E-state index in [2.05, 4.69) is 20.6 Å². The Morgan fingerprint density at radius 1 is 1.27 bits per heavy atom. The normalized spacial score (nSPS) is 18.2. The second kappa shape index (κ2) is 11.4. The third kappa shape index (κ3) is 7.01. The predicted octanol–water partition coefficient (Wildman–Crippen LogP) is 4.87. The summed E-state index contributed by atoms with van der Waals surface area (Å²) in [5, 5.41) is 15.7. The minimum atomic E-state index is -2.81. The summed E-state index contributed by atoms with van der Waals surface area (Å²) in [7, 11) is 0. The Balaban J connectivity index is 1.69. The number of carbonyl (C=O) groups excluding carboxylic acids is 2. The van der Waals surface area contributed by atoms with Crippen molar-refractivity contribution in [2.75, 3.05) is 25.0 Å². The van der Waals surface area contributed by atoms with E-state index in [1.807, 2.05) is 6.92 Å². The van der Waals surface area contributed by atoms with Gasteiger partial charge in [0.2, 0.25) is 0 Å². The molecule has 2 aromatic heterocycles. The molecule has 11 heteroatoms. The molecular weight excluding hydrogens is 500 g/mol. The standard InChI is InChI=1S/C26H35F2N5O3S/c1-15-6-4-5-11-33(15)25(35)20-21(37-24(32-20)23(34)31-14-26(2,3)36)18-13-30-19(12-17(18)22(27)28)29-10-9-16-7-8-16/h12-13,15-16,22,36H,4-11,14H2,1-3H3,(H,29,30)(H,31,34)/t15-/m0/s1. The van der Waals surface area contributed by atoms with Crippen LogP contribution in [0.25, 0.3) is 10.4 Å². The van der Waals surface area contributed by atoms with E-state index in [0.717, 1.165) is 37.0 Å². The summed E-state index contributed by atoms with van der Waals surface area (Å²) in [5.74, 6) is 0.0889. The first-order chi connectivity index (χ1) is 17.5. The highest BCUT2D eigenvalue weighted by atomic mass is 32.1. The van der Waals surface area contributed by atoms with Gasteiger partial charge in [-0.05, 0) is 58.4 Å². The predicted molar refractivity (Wildman–Crippen MR) is 139 cm³/mol. The van der Waals surface area contributed by atoms with Crippen molar-refractivity contribution in [2.45, 2.75) is 77.4 Å². The molecule has 2 aliphatic rings. The highest BCUT2D eigenvalue weighted by molar-refractivity contribution is 7.17. The molecule has 1 atom stereocenters. The second-order valence-corrected chi connectivity index (χ2v) is 11.7. The molecule has 1 saturated heterocycles. The maximum Gasteiger partial charge on any atom is 0.280 e. The van der Waals surface area contributed by atoms with E-state index >= 15 is 0 Å². The van der Waals surface area contributed by atoms with Crippen molar-refractivity contribution in [3.63, 3.8) is 0 Å². The maximum atomic E-state index is 14.2. The van der Waals surface area contributed by atoms with Crippen LogP contribution in [0.2, 0.25) is 0 Å². The van der Waals surface area contributed by atoms with Gasteiger partial charge in [0.1, 0.15) is 11.5 Å². The lowest BCUT2D eigenvalue weighted by atomic mass is 10.0. The fraction of sp³-hybridized carbons (Fsp3) is 0.615. The maximum absolute atomic E-state index is 14.2. The van der Waals surface area contributed by atoms with E-state index in [0.29, 0.717) is 24.8 Å². The summed E-state index contributed by atoms with van der Waals surface area (Å²) in [5.41, 5.74) is -1.34. The zero-order chi connectivity index (χ0) is 26.7. The number of aromatic nitrogens is 2. The SMILES string of the molecule is C[C@H]1CCCCN1C(=O)c1nc(C(=O)NCC(C)(C)O)sc1-c1cnc(NCCC2CC2)cc1C(F)F. The molecule has 1 aliphatic heterocycles. The number of likely N-dealkylation sites (tertiary alicyclic amines) is 1. The molecule has 8 nitrogen and oxygen atoms in total. The Hall–Kier alpha value is -2.66. The van der Waals surface area contributed by atoms with Crippen LogP contribution in [0.5, 0.6) is 0 Å². The molecule has 3 heterocycles. The lowest BCUT2D eigenvalue weighted by Gasteiger charge is -2.33. The number of amides is 2. The molecule has 2 amide bonds. The third-order valence-corrected chi connectivity index (χ3v) is 7.83. The van der Waals surface area contributed by atoms with Crippen molar-refractivity contribution in [1.82, 2.24) is 20.2 Å². The van der Waals surface area contributed by atoms with Gasteiger partial charge in [-0.15, -0.1) is 11.3 Å². The van der Waals surface area contributed by atoms with Gasteiger partial charge in [0.05, 0.1) is 10.5 Å². The van der Waals surface area contributed by atoms with E-state index < -0.39 is 17.9 Å². The third-order valence-electron chi connectivity index (χ3n) is 6.74. The van der Waals surface area contributed by atoms with Crippen LogP contribution in [0.3, 0.4) is 0 Å². The number of nitrogens with zero attached hydrogens (tertiary/aromatic N) is 3. The van der Waals surface area contributed by atoms with Gasteiger partial charge < -0.3 is 20.6 Å². The highest BCUT2D eigenvalue weighted by Crippen LogP contribution is 2.39. The molecule has 202 valence electrons. The summed E-state index contributed by atoms with van der Waals surface area (Å²) in [4.78, 5) is 37.0. The molecule has 4 rings (SSSR count). The molecule has 1 aliphatic carbocycles. The molecule has 37 heavy (non-hydrogen) atoms. The Kier molecular flexibility index (Phi) is 8.42. The molecule has 0 aromatic carbocycles. The zero-order valence-electron chi connectivity index (χ0n) is 21.5. The molecule has 0 bridgehead atoms. The lowest BCUT2D eigenvalue weighted by Crippen LogP contribution is -2.42. The number of anilines is 1. The van der Waals surface area contributed by atoms with Gasteiger partial charge in [0, 0.05) is 43.0 Å². The van der Waals surface area contributed by atoms with Crippen LogP contribution in [0.15, 0.2) is 12.3 Å². The summed E-state index contributed by atoms with van der Waals surface area (Å²) in [6.45, 7) is 6.22. The molecular formula is C26H35F2N5O3S. The summed E-state index contributed by atoms with van der Waals surface area (Å²) in [6.07, 6.45) is 4.61. The van der Waals surface area contributed by atoms with Crippen molar-refractivity contribution < 1.29 is 23.5 Å². The van der Waals surface area contributed by atoms with Crippen LogP contribution in [0.4, 0.5) is 14.6 Å². The van der Waals surface area contributed by atoms with Crippen molar-refractivity contribution in [3.05, 3.63) is 28.5 Å². The van der Waals surface area contributed by atoms with Gasteiger partial charge in [0.15, 0.2) is 5.01 Å². The molecule has 1 saturated carbocycles. The summed E-state index contributed by atoms with van der Waals surface area (Å²) in [6, 6.07) is 1.30. The van der Waals surface area contributed by atoms with Gasteiger partial charge in [-0.1, -0.05) is 12.8 Å². The highest BCUT2D eigenvalue weighted by Gasteiger charge is 2.32. The van der Waals surface area contributed by atoms with Gasteiger partial charge in [-0.2, -0.15) is 0 Å². The Labute approximate surface area is 219 Å². The zero-order valence-corrected chi connectivity index (χ0v) is 22.3. The first-order valence-electron chi connectivity index (χ1n) is 12.9. The number of thiazole rings is 1. The summed E-state index contributed by atoms with van der Waals surface area (Å²) < 4.78 is 28.5. The molecule has 0 radical (unpaired) electrons. The number of aliphatic hydroxyl groups is 1. The van der Waals surface area contributed by atoms with Crippen LogP contribution in [-0.4, -0.2) is 63.1 Å². The topological polar surface area (TPSA) is 107 Å². The molecule has 0 unspecified atom stereocenters. The number of carbonyl (C=O) groups is 2. The van der Waals surface area contributed by atoms with Crippen molar-refractivity contribution in [2.24, 2.45) is 5.92 Å². The van der Waals surface area contributed by atoms with Crippen molar-refractivity contribution in [1.29, 1.82) is 0 Å². The Bertz CT molecular complexity index is 1130. The van der Waals surface area contributed by atoms with E-state index in [9.17, 15) is 23.5 Å². The molecule has 0 spiro atoms. The van der Waals surface area contributed by atoms with Crippen molar-refractivity contribution >= 4 is 29.0 Å². The average Bonchev–Trinajstić information content (AvgIpc) is 3.57. The van der Waals surface area contributed by atoms with E-state index in [4.69, 9.17) is 0 Å². The number of halogens is 2. The average molecular weight is 536 g/mol. The van der Waals surface area contributed by atoms with Gasteiger partial charge in [-0.25, -0.2) is 18.7 Å². The monoisotopic (exact) mass is 535 g/mol. The summed E-state index contributed by atoms with van der Waals surface area (Å²) >= 11 is 0.886. The number of hydrogen-bond donors (Lipinski definition) is 3. The van der Waals surface area contributed by atoms with Gasteiger partial charge in [0.25, 0.3) is 18.2 Å².